The molecule has 0 bridgehead atoms. The molecule has 0 spiro atoms. The Morgan fingerprint density at radius 2 is 2.00 bits per heavy atom. The zero-order chi connectivity index (χ0) is 24.3. The molecule has 0 unspecified atom stereocenters. The van der Waals surface area contributed by atoms with Crippen LogP contribution in [0.1, 0.15) is 35.7 Å². The zero-order valence-corrected chi connectivity index (χ0v) is 20.7. The minimum atomic E-state index is -3.94. The summed E-state index contributed by atoms with van der Waals surface area (Å²) in [6, 6.07) is 4.63. The van der Waals surface area contributed by atoms with E-state index in [0.29, 0.717) is 31.0 Å². The number of anilines is 1. The number of carbonyl (C=O) groups excluding carboxylic acids is 1. The van der Waals surface area contributed by atoms with E-state index in [-0.39, 0.29) is 46.0 Å². The lowest BCUT2D eigenvalue weighted by atomic mass is 10.0. The molecular weight excluding hydrogens is 448 g/mol. The van der Waals surface area contributed by atoms with Crippen molar-refractivity contribution in [3.8, 4) is 5.75 Å². The molecule has 0 saturated heterocycles. The van der Waals surface area contributed by atoms with Gasteiger partial charge in [-0.1, -0.05) is 12.1 Å². The van der Waals surface area contributed by atoms with Crippen LogP contribution in [-0.4, -0.2) is 70.4 Å². The zero-order valence-electron chi connectivity index (χ0n) is 19.8. The van der Waals surface area contributed by atoms with Gasteiger partial charge in [0.2, 0.25) is 0 Å². The van der Waals surface area contributed by atoms with Crippen LogP contribution in [0.4, 0.5) is 5.69 Å². The van der Waals surface area contributed by atoms with Gasteiger partial charge in [-0.2, -0.15) is 0 Å². The quantitative estimate of drug-likeness (QED) is 0.683. The summed E-state index contributed by atoms with van der Waals surface area (Å²) in [7, 11) is -0.585. The van der Waals surface area contributed by atoms with Gasteiger partial charge >= 0.3 is 0 Å². The number of aryl methyl sites for hydroxylation is 2. The first kappa shape index (κ1) is 25.0. The van der Waals surface area contributed by atoms with Crippen molar-refractivity contribution in [2.24, 2.45) is 5.92 Å². The Bertz CT molecular complexity index is 1080. The van der Waals surface area contributed by atoms with E-state index in [1.165, 1.54) is 19.1 Å². The van der Waals surface area contributed by atoms with E-state index in [4.69, 9.17) is 14.0 Å². The van der Waals surface area contributed by atoms with Gasteiger partial charge in [0.1, 0.15) is 18.1 Å². The van der Waals surface area contributed by atoms with E-state index < -0.39 is 10.0 Å². The number of rotatable bonds is 4. The van der Waals surface area contributed by atoms with Crippen LogP contribution in [-0.2, 0) is 14.8 Å². The number of ether oxygens (including phenoxy) is 2. The predicted octanol–water partition coefficient (Wildman–Crippen LogP) is 2.19. The number of methoxy groups -OCH3 is 1. The molecule has 1 amide bonds. The summed E-state index contributed by atoms with van der Waals surface area (Å²) < 4.78 is 44.9. The molecular formula is C22H32N4O6S. The van der Waals surface area contributed by atoms with Gasteiger partial charge < -0.3 is 24.2 Å². The van der Waals surface area contributed by atoms with Crippen molar-refractivity contribution in [1.29, 1.82) is 0 Å². The second-order valence-corrected chi connectivity index (χ2v) is 10.1. The van der Waals surface area contributed by atoms with E-state index in [1.54, 1.807) is 32.0 Å². The normalized spacial score (nSPS) is 22.7. The average Bonchev–Trinajstić information content (AvgIpc) is 3.11. The Balaban J connectivity index is 1.94. The summed E-state index contributed by atoms with van der Waals surface area (Å²) in [5, 5.41) is 7.13. The molecule has 0 radical (unpaired) electrons. The first-order valence-corrected chi connectivity index (χ1v) is 12.3. The lowest BCUT2D eigenvalue weighted by Crippen LogP contribution is -2.44. The fourth-order valence-corrected chi connectivity index (χ4v) is 5.17. The molecule has 0 saturated carbocycles. The first-order chi connectivity index (χ1) is 15.5. The third-order valence-corrected chi connectivity index (χ3v) is 7.34. The topological polar surface area (TPSA) is 123 Å². The molecule has 0 aliphatic carbocycles. The van der Waals surface area contributed by atoms with Gasteiger partial charge in [0.25, 0.3) is 15.9 Å². The van der Waals surface area contributed by atoms with Crippen molar-refractivity contribution in [1.82, 2.24) is 15.4 Å². The molecule has 1 aromatic heterocycles. The summed E-state index contributed by atoms with van der Waals surface area (Å²) in [6.07, 6.45) is -0.136. The van der Waals surface area contributed by atoms with Crippen LogP contribution in [0.5, 0.6) is 5.75 Å². The van der Waals surface area contributed by atoms with Gasteiger partial charge in [-0.15, -0.1) is 0 Å². The maximum absolute atomic E-state index is 13.2. The minimum absolute atomic E-state index is 0.00714. The molecule has 33 heavy (non-hydrogen) atoms. The molecule has 2 heterocycles. The van der Waals surface area contributed by atoms with Crippen LogP contribution < -0.4 is 14.8 Å². The second-order valence-electron chi connectivity index (χ2n) is 8.53. The van der Waals surface area contributed by atoms with Crippen molar-refractivity contribution < 1.29 is 27.2 Å². The third-order valence-electron chi connectivity index (χ3n) is 5.72. The van der Waals surface area contributed by atoms with Crippen molar-refractivity contribution >= 4 is 21.6 Å². The Morgan fingerprint density at radius 3 is 2.64 bits per heavy atom. The van der Waals surface area contributed by atoms with Crippen LogP contribution in [0.3, 0.4) is 0 Å². The summed E-state index contributed by atoms with van der Waals surface area (Å²) in [5.74, 6) is 0.441. The number of likely N-dealkylation sites (N-methyl/N-ethyl adjacent to an activating group) is 1. The molecule has 3 rings (SSSR count). The molecule has 1 aliphatic rings. The standard InChI is InChI=1S/C22H32N4O6S/c1-13-10-23-14(2)12-31-19-9-17(25-33(28,29)21-15(3)24-32-16(21)4)7-8-18(19)22(27)26(5)11-20(13)30-6/h7-9,13-14,20,23,25H,10-12H2,1-6H3/t13-,14+,20+/m1/s1. The van der Waals surface area contributed by atoms with Gasteiger partial charge in [-0.05, 0) is 38.8 Å². The van der Waals surface area contributed by atoms with Crippen LogP contribution in [0.2, 0.25) is 0 Å². The number of fused-ring (bicyclic) bond motifs is 1. The number of benzene rings is 1. The highest BCUT2D eigenvalue weighted by molar-refractivity contribution is 7.92. The van der Waals surface area contributed by atoms with Crippen molar-refractivity contribution in [2.45, 2.75) is 44.7 Å². The van der Waals surface area contributed by atoms with Gasteiger partial charge in [0.05, 0.1) is 17.4 Å². The highest BCUT2D eigenvalue weighted by atomic mass is 32.2. The van der Waals surface area contributed by atoms with E-state index in [9.17, 15) is 13.2 Å². The molecule has 10 nitrogen and oxygen atoms in total. The average molecular weight is 481 g/mol. The Hall–Kier alpha value is -2.63. The minimum Gasteiger partial charge on any atom is -0.491 e. The number of nitrogens with zero attached hydrogens (tertiary/aromatic N) is 2. The summed E-state index contributed by atoms with van der Waals surface area (Å²) in [4.78, 5) is 14.8. The van der Waals surface area contributed by atoms with E-state index in [1.807, 2.05) is 6.92 Å². The molecule has 0 fully saturated rings. The van der Waals surface area contributed by atoms with Crippen molar-refractivity contribution in [2.75, 3.05) is 38.6 Å². The van der Waals surface area contributed by atoms with Gasteiger partial charge in [-0.3, -0.25) is 9.52 Å². The fraction of sp³-hybridized carbons (Fsp3) is 0.545. The van der Waals surface area contributed by atoms with Crippen molar-refractivity contribution in [3.05, 3.63) is 35.2 Å². The predicted molar refractivity (Wildman–Crippen MR) is 123 cm³/mol. The number of amides is 1. The molecule has 2 N–H and O–H groups in total. The van der Waals surface area contributed by atoms with Gasteiger partial charge in [-0.25, -0.2) is 8.42 Å². The molecule has 11 heteroatoms. The van der Waals surface area contributed by atoms with Gasteiger partial charge in [0, 0.05) is 39.4 Å². The highest BCUT2D eigenvalue weighted by Gasteiger charge is 2.27. The van der Waals surface area contributed by atoms with Crippen LogP contribution in [0.15, 0.2) is 27.6 Å². The second kappa shape index (κ2) is 10.1. The van der Waals surface area contributed by atoms with Crippen molar-refractivity contribution in [3.63, 3.8) is 0 Å². The van der Waals surface area contributed by atoms with Crippen LogP contribution >= 0.6 is 0 Å². The maximum Gasteiger partial charge on any atom is 0.267 e. The number of nitrogens with one attached hydrogen (secondary N) is 2. The highest BCUT2D eigenvalue weighted by Crippen LogP contribution is 2.28. The SMILES string of the molecule is CO[C@H]1CN(C)C(=O)c2ccc(NS(=O)(=O)c3c(C)noc3C)cc2OC[C@H](C)NC[C@H]1C. The molecule has 1 aliphatic heterocycles. The molecule has 182 valence electrons. The lowest BCUT2D eigenvalue weighted by Gasteiger charge is -2.30. The van der Waals surface area contributed by atoms with Crippen LogP contribution in [0, 0.1) is 19.8 Å². The monoisotopic (exact) mass is 480 g/mol. The van der Waals surface area contributed by atoms with E-state index in [2.05, 4.69) is 22.1 Å². The smallest absolute Gasteiger partial charge is 0.267 e. The molecule has 3 atom stereocenters. The summed E-state index contributed by atoms with van der Waals surface area (Å²) >= 11 is 0. The number of aromatic nitrogens is 1. The number of hydrogen-bond donors (Lipinski definition) is 2. The summed E-state index contributed by atoms with van der Waals surface area (Å²) in [6.45, 7) is 8.56. The largest absolute Gasteiger partial charge is 0.491 e. The number of sulfonamides is 1. The Labute approximate surface area is 194 Å². The number of hydrogen-bond acceptors (Lipinski definition) is 8. The first-order valence-electron chi connectivity index (χ1n) is 10.8. The molecule has 2 aromatic rings. The summed E-state index contributed by atoms with van der Waals surface area (Å²) in [5.41, 5.74) is 0.870. The van der Waals surface area contributed by atoms with Gasteiger partial charge in [0.15, 0.2) is 10.7 Å². The fourth-order valence-electron chi connectivity index (χ4n) is 3.78. The number of carbonyl (C=O) groups is 1. The Kier molecular flexibility index (Phi) is 7.65. The Morgan fingerprint density at radius 1 is 1.27 bits per heavy atom. The third kappa shape index (κ3) is 5.66. The van der Waals surface area contributed by atoms with E-state index >= 15 is 0 Å². The molecule has 1 aromatic carbocycles. The van der Waals surface area contributed by atoms with E-state index in [0.717, 1.165) is 0 Å². The maximum atomic E-state index is 13.2. The lowest BCUT2D eigenvalue weighted by molar-refractivity contribution is 0.0281. The van der Waals surface area contributed by atoms with Crippen LogP contribution in [0.25, 0.3) is 0 Å².